The molecule has 0 atom stereocenters. The lowest BCUT2D eigenvalue weighted by atomic mass is 10.3. The number of ether oxygens (including phenoxy) is 1. The number of halogens is 1. The number of aromatic nitrogens is 2. The van der Waals surface area contributed by atoms with Crippen molar-refractivity contribution in [3.05, 3.63) is 56.7 Å². The van der Waals surface area contributed by atoms with E-state index in [0.717, 1.165) is 4.88 Å². The lowest BCUT2D eigenvalue weighted by Crippen LogP contribution is -1.98. The quantitative estimate of drug-likeness (QED) is 0.517. The summed E-state index contributed by atoms with van der Waals surface area (Å²) in [5, 5.41) is 16.5. The van der Waals surface area contributed by atoms with Crippen LogP contribution in [0.4, 0.5) is 5.69 Å². The van der Waals surface area contributed by atoms with Gasteiger partial charge in [0.2, 0.25) is 5.82 Å². The third-order valence-electron chi connectivity index (χ3n) is 2.68. The Bertz CT molecular complexity index is 803. The van der Waals surface area contributed by atoms with Crippen molar-refractivity contribution in [2.24, 2.45) is 0 Å². The van der Waals surface area contributed by atoms with Gasteiger partial charge in [-0.15, -0.1) is 11.3 Å². The molecule has 0 aliphatic heterocycles. The van der Waals surface area contributed by atoms with E-state index in [1.165, 1.54) is 29.5 Å². The first kappa shape index (κ1) is 14.5. The van der Waals surface area contributed by atoms with Gasteiger partial charge in [-0.05, 0) is 17.5 Å². The van der Waals surface area contributed by atoms with E-state index >= 15 is 0 Å². The fraction of sp³-hybridized carbons (Fsp3) is 0.0769. The van der Waals surface area contributed by atoms with E-state index in [-0.39, 0.29) is 17.3 Å². The smallest absolute Gasteiger partial charge is 0.271 e. The molecule has 0 saturated carbocycles. The van der Waals surface area contributed by atoms with Crippen molar-refractivity contribution in [2.75, 3.05) is 0 Å². The van der Waals surface area contributed by atoms with Crippen LogP contribution in [-0.4, -0.2) is 15.1 Å². The van der Waals surface area contributed by atoms with Crippen molar-refractivity contribution < 1.29 is 14.2 Å². The molecule has 9 heteroatoms. The highest BCUT2D eigenvalue weighted by Gasteiger charge is 2.13. The molecule has 7 nitrogen and oxygen atoms in total. The Balaban J connectivity index is 1.69. The topological polar surface area (TPSA) is 91.3 Å². The van der Waals surface area contributed by atoms with Crippen LogP contribution in [0, 0.1) is 10.1 Å². The number of hydrogen-bond donors (Lipinski definition) is 0. The van der Waals surface area contributed by atoms with E-state index in [0.29, 0.717) is 17.5 Å². The fourth-order valence-corrected chi connectivity index (χ4v) is 2.55. The zero-order valence-electron chi connectivity index (χ0n) is 10.9. The maximum Gasteiger partial charge on any atom is 0.271 e. The Kier molecular flexibility index (Phi) is 4.03. The third-order valence-corrected chi connectivity index (χ3v) is 3.84. The monoisotopic (exact) mass is 337 g/mol. The maximum absolute atomic E-state index is 10.6. The summed E-state index contributed by atoms with van der Waals surface area (Å²) in [6.07, 6.45) is 0. The fourth-order valence-electron chi connectivity index (χ4n) is 1.68. The number of thiophene rings is 1. The predicted octanol–water partition coefficient (Wildman–Crippen LogP) is 3.94. The van der Waals surface area contributed by atoms with Crippen LogP contribution in [0.15, 0.2) is 40.2 Å². The van der Waals surface area contributed by atoms with E-state index in [9.17, 15) is 10.1 Å². The zero-order chi connectivity index (χ0) is 15.5. The molecule has 0 fully saturated rings. The van der Waals surface area contributed by atoms with E-state index in [2.05, 4.69) is 10.1 Å². The minimum atomic E-state index is -0.526. The van der Waals surface area contributed by atoms with Crippen LogP contribution in [0.25, 0.3) is 10.8 Å². The number of benzene rings is 1. The van der Waals surface area contributed by atoms with Gasteiger partial charge in [0.25, 0.3) is 11.6 Å². The van der Waals surface area contributed by atoms with E-state index in [1.807, 2.05) is 17.5 Å². The van der Waals surface area contributed by atoms with Gasteiger partial charge in [-0.25, -0.2) is 0 Å². The summed E-state index contributed by atoms with van der Waals surface area (Å²) in [4.78, 5) is 15.2. The average molecular weight is 338 g/mol. The molecular weight excluding hydrogens is 330 g/mol. The minimum absolute atomic E-state index is 0.0480. The Labute approximate surface area is 133 Å². The van der Waals surface area contributed by atoms with Gasteiger partial charge in [0, 0.05) is 12.1 Å². The van der Waals surface area contributed by atoms with Crippen molar-refractivity contribution >= 4 is 28.6 Å². The first-order chi connectivity index (χ1) is 10.6. The molecule has 3 rings (SSSR count). The highest BCUT2D eigenvalue weighted by atomic mass is 35.5. The summed E-state index contributed by atoms with van der Waals surface area (Å²) in [7, 11) is 0. The number of nitro groups is 1. The van der Waals surface area contributed by atoms with Crippen molar-refractivity contribution in [1.82, 2.24) is 10.1 Å². The van der Waals surface area contributed by atoms with Crippen molar-refractivity contribution in [3.63, 3.8) is 0 Å². The molecular formula is C13H8ClN3O4S. The maximum atomic E-state index is 10.6. The molecule has 0 spiro atoms. The molecule has 0 unspecified atom stereocenters. The molecule has 2 heterocycles. The molecule has 22 heavy (non-hydrogen) atoms. The largest absolute Gasteiger partial charge is 0.484 e. The normalized spacial score (nSPS) is 10.6. The Morgan fingerprint density at radius 2 is 2.27 bits per heavy atom. The van der Waals surface area contributed by atoms with E-state index in [1.54, 1.807) is 0 Å². The van der Waals surface area contributed by atoms with Crippen molar-refractivity contribution in [2.45, 2.75) is 6.61 Å². The second kappa shape index (κ2) is 6.12. The zero-order valence-corrected chi connectivity index (χ0v) is 12.5. The first-order valence-corrected chi connectivity index (χ1v) is 7.32. The molecule has 0 aliphatic carbocycles. The first-order valence-electron chi connectivity index (χ1n) is 6.06. The van der Waals surface area contributed by atoms with Gasteiger partial charge < -0.3 is 9.26 Å². The second-order valence-electron chi connectivity index (χ2n) is 4.15. The van der Waals surface area contributed by atoms with Gasteiger partial charge in [0.05, 0.1) is 14.8 Å². The summed E-state index contributed by atoms with van der Waals surface area (Å²) in [6, 6.07) is 7.73. The van der Waals surface area contributed by atoms with Crippen molar-refractivity contribution in [1.29, 1.82) is 0 Å². The summed E-state index contributed by atoms with van der Waals surface area (Å²) >= 11 is 7.42. The average Bonchev–Trinajstić information content (AvgIpc) is 3.16. The lowest BCUT2D eigenvalue weighted by molar-refractivity contribution is -0.384. The van der Waals surface area contributed by atoms with Crippen LogP contribution in [0.3, 0.4) is 0 Å². The molecule has 0 bridgehead atoms. The second-order valence-corrected chi connectivity index (χ2v) is 5.51. The molecule has 1 aromatic carbocycles. The van der Waals surface area contributed by atoms with Gasteiger partial charge in [0.15, 0.2) is 6.61 Å². The molecule has 0 N–H and O–H groups in total. The van der Waals surface area contributed by atoms with Crippen LogP contribution in [0.2, 0.25) is 5.02 Å². The van der Waals surface area contributed by atoms with Gasteiger partial charge in [-0.2, -0.15) is 4.98 Å². The molecule has 112 valence electrons. The summed E-state index contributed by atoms with van der Waals surface area (Å²) in [6.45, 7) is 0.0480. The Morgan fingerprint density at radius 3 is 2.95 bits per heavy atom. The lowest BCUT2D eigenvalue weighted by Gasteiger charge is -2.04. The molecule has 0 aliphatic rings. The van der Waals surface area contributed by atoms with Crippen molar-refractivity contribution in [3.8, 4) is 16.5 Å². The van der Waals surface area contributed by atoms with E-state index < -0.39 is 4.92 Å². The predicted molar refractivity (Wildman–Crippen MR) is 80.0 cm³/mol. The van der Waals surface area contributed by atoms with Crippen LogP contribution in [0.5, 0.6) is 5.75 Å². The Morgan fingerprint density at radius 1 is 1.41 bits per heavy atom. The molecule has 0 saturated heterocycles. The Hall–Kier alpha value is -2.45. The summed E-state index contributed by atoms with van der Waals surface area (Å²) in [5.74, 6) is 1.09. The van der Waals surface area contributed by atoms with Gasteiger partial charge in [-0.3, -0.25) is 10.1 Å². The summed E-state index contributed by atoms with van der Waals surface area (Å²) in [5.41, 5.74) is -0.100. The number of rotatable bonds is 5. The third kappa shape index (κ3) is 3.07. The number of non-ortho nitro benzene ring substituents is 1. The number of nitro benzene ring substituents is 1. The van der Waals surface area contributed by atoms with Crippen LogP contribution >= 0.6 is 22.9 Å². The van der Waals surface area contributed by atoms with Crippen LogP contribution < -0.4 is 4.74 Å². The summed E-state index contributed by atoms with van der Waals surface area (Å²) < 4.78 is 10.6. The number of nitrogens with zero attached hydrogens (tertiary/aromatic N) is 3. The highest BCUT2D eigenvalue weighted by molar-refractivity contribution is 7.13. The van der Waals surface area contributed by atoms with Crippen LogP contribution in [0.1, 0.15) is 5.82 Å². The molecule has 0 radical (unpaired) electrons. The van der Waals surface area contributed by atoms with Gasteiger partial charge in [0.1, 0.15) is 5.75 Å². The standard InChI is InChI=1S/C13H8ClN3O4S/c14-9-6-8(17(18)19)3-4-10(9)20-7-12-15-13(21-16-12)11-2-1-5-22-11/h1-6H,7H2. The highest BCUT2D eigenvalue weighted by Crippen LogP contribution is 2.29. The molecule has 0 amide bonds. The molecule has 3 aromatic rings. The number of hydrogen-bond acceptors (Lipinski definition) is 7. The van der Waals surface area contributed by atoms with Gasteiger partial charge >= 0.3 is 0 Å². The van der Waals surface area contributed by atoms with Crippen LogP contribution in [-0.2, 0) is 6.61 Å². The molecule has 2 aromatic heterocycles. The SMILES string of the molecule is O=[N+]([O-])c1ccc(OCc2noc(-c3cccs3)n2)c(Cl)c1. The minimum Gasteiger partial charge on any atom is -0.484 e. The van der Waals surface area contributed by atoms with E-state index in [4.69, 9.17) is 20.9 Å². The van der Waals surface area contributed by atoms with Gasteiger partial charge in [-0.1, -0.05) is 22.8 Å².